The fourth-order valence-corrected chi connectivity index (χ4v) is 0.329. The van der Waals surface area contributed by atoms with Crippen molar-refractivity contribution in [2.24, 2.45) is 0 Å². The van der Waals surface area contributed by atoms with Crippen LogP contribution in [0.3, 0.4) is 0 Å². The highest BCUT2D eigenvalue weighted by Crippen LogP contribution is 1.87. The van der Waals surface area contributed by atoms with Crippen LogP contribution in [0.1, 0.15) is 19.8 Å². The monoisotopic (exact) mass is 115 g/mol. The molecule has 0 amide bonds. The zero-order chi connectivity index (χ0) is 6.57. The highest BCUT2D eigenvalue weighted by Gasteiger charge is 2.10. The molecule has 0 bridgehead atoms. The average Bonchev–Trinajstić information content (AvgIpc) is 1.67. The van der Waals surface area contributed by atoms with E-state index in [4.69, 9.17) is 0 Å². The summed E-state index contributed by atoms with van der Waals surface area (Å²) in [5, 5.41) is 9.63. The second kappa shape index (κ2) is 3.18. The van der Waals surface area contributed by atoms with Crippen LogP contribution in [-0.2, 0) is 14.7 Å². The van der Waals surface area contributed by atoms with Crippen molar-refractivity contribution in [2.45, 2.75) is 19.8 Å². The van der Waals surface area contributed by atoms with E-state index in [0.29, 0.717) is 6.42 Å². The van der Waals surface area contributed by atoms with Gasteiger partial charge in [0, 0.05) is 6.42 Å². The van der Waals surface area contributed by atoms with Crippen LogP contribution in [0.4, 0.5) is 0 Å². The van der Waals surface area contributed by atoms with Crippen LogP contribution in [0.2, 0.25) is 0 Å². The van der Waals surface area contributed by atoms with E-state index in [1.165, 1.54) is 0 Å². The number of carbonyl (C=O) groups is 2. The lowest BCUT2D eigenvalue weighted by Gasteiger charge is -1.83. The minimum Gasteiger partial charge on any atom is -0.287 e. The Hall–Kier alpha value is -0.860. The van der Waals surface area contributed by atoms with Crippen LogP contribution in [0, 0.1) is 0 Å². The Morgan fingerprint density at radius 3 is 2.00 bits per heavy atom. The molecule has 0 aliphatic heterocycles. The molecule has 3 heteroatoms. The van der Waals surface area contributed by atoms with Crippen molar-refractivity contribution in [3.05, 3.63) is 0 Å². The highest BCUT2D eigenvalue weighted by molar-refractivity contribution is 6.32. The minimum absolute atomic E-state index is 0.0856. The van der Waals surface area contributed by atoms with E-state index < -0.39 is 11.8 Å². The molecule has 0 N–H and O–H groups in total. The number of hydrogen-bond donors (Lipinski definition) is 0. The van der Waals surface area contributed by atoms with Gasteiger partial charge < -0.3 is 0 Å². The lowest BCUT2D eigenvalue weighted by molar-refractivity contribution is -0.153. The van der Waals surface area contributed by atoms with Crippen LogP contribution in [0.5, 0.6) is 0 Å². The predicted molar refractivity (Wildman–Crippen MR) is 25.6 cm³/mol. The molecular weight excluding hydrogens is 108 g/mol. The molecule has 0 aliphatic carbocycles. The SMILES string of the molecule is CCCC(=O)C([O])=O. The maximum Gasteiger partial charge on any atom is 0.421 e. The Bertz CT molecular complexity index is 106. The lowest BCUT2D eigenvalue weighted by Crippen LogP contribution is -2.09. The van der Waals surface area contributed by atoms with E-state index in [0.717, 1.165) is 0 Å². The molecule has 8 heavy (non-hydrogen) atoms. The van der Waals surface area contributed by atoms with Crippen LogP contribution in [0.15, 0.2) is 0 Å². The van der Waals surface area contributed by atoms with Crippen molar-refractivity contribution in [3.8, 4) is 0 Å². The first-order valence-electron chi connectivity index (χ1n) is 2.42. The molecule has 1 radical (unpaired) electrons. The largest absolute Gasteiger partial charge is 0.421 e. The first-order chi connectivity index (χ1) is 3.68. The average molecular weight is 115 g/mol. The van der Waals surface area contributed by atoms with E-state index in [9.17, 15) is 14.7 Å². The van der Waals surface area contributed by atoms with E-state index >= 15 is 0 Å². The Balaban J connectivity index is 3.49. The summed E-state index contributed by atoms with van der Waals surface area (Å²) in [6, 6.07) is 0. The molecule has 0 atom stereocenters. The molecule has 0 aromatic carbocycles. The molecule has 0 saturated carbocycles. The van der Waals surface area contributed by atoms with Gasteiger partial charge in [-0.1, -0.05) is 6.92 Å². The van der Waals surface area contributed by atoms with Crippen molar-refractivity contribution in [2.75, 3.05) is 0 Å². The number of hydrogen-bond acceptors (Lipinski definition) is 2. The van der Waals surface area contributed by atoms with Crippen molar-refractivity contribution in [1.29, 1.82) is 0 Å². The summed E-state index contributed by atoms with van der Waals surface area (Å²) in [5.41, 5.74) is 0. The van der Waals surface area contributed by atoms with E-state index in [2.05, 4.69) is 0 Å². The first kappa shape index (κ1) is 7.14. The molecule has 0 aromatic heterocycles. The molecule has 0 rings (SSSR count). The summed E-state index contributed by atoms with van der Waals surface area (Å²) in [7, 11) is 0. The molecular formula is C5H7O3. The zero-order valence-electron chi connectivity index (χ0n) is 4.64. The van der Waals surface area contributed by atoms with Crippen LogP contribution >= 0.6 is 0 Å². The third-order valence-electron chi connectivity index (χ3n) is 0.705. The molecule has 0 spiro atoms. The summed E-state index contributed by atoms with van der Waals surface area (Å²) in [6.07, 6.45) is 0.648. The minimum atomic E-state index is -1.58. The van der Waals surface area contributed by atoms with Gasteiger partial charge in [-0.3, -0.25) is 4.79 Å². The molecule has 0 saturated heterocycles. The molecule has 3 nitrogen and oxygen atoms in total. The van der Waals surface area contributed by atoms with Crippen molar-refractivity contribution >= 4 is 11.8 Å². The quantitative estimate of drug-likeness (QED) is 0.497. The van der Waals surface area contributed by atoms with Gasteiger partial charge in [0.15, 0.2) is 0 Å². The van der Waals surface area contributed by atoms with Gasteiger partial charge in [0.05, 0.1) is 0 Å². The Labute approximate surface area is 47.3 Å². The van der Waals surface area contributed by atoms with Gasteiger partial charge in [0.25, 0.3) is 0 Å². The molecule has 0 aromatic rings. The standard InChI is InChI=1S/C5H7O3/c1-2-3-4(6)5(7)8/h2-3H2,1H3. The summed E-state index contributed by atoms with van der Waals surface area (Å²) in [4.78, 5) is 19.7. The van der Waals surface area contributed by atoms with Gasteiger partial charge in [-0.15, -0.1) is 0 Å². The Morgan fingerprint density at radius 1 is 1.38 bits per heavy atom. The third kappa shape index (κ3) is 2.34. The highest BCUT2D eigenvalue weighted by atomic mass is 16.4. The third-order valence-corrected chi connectivity index (χ3v) is 0.705. The van der Waals surface area contributed by atoms with E-state index in [1.807, 2.05) is 0 Å². The summed E-state index contributed by atoms with van der Waals surface area (Å²) < 4.78 is 0. The lowest BCUT2D eigenvalue weighted by atomic mass is 10.2. The molecule has 0 heterocycles. The Kier molecular flexibility index (Phi) is 2.84. The molecule has 0 fully saturated rings. The van der Waals surface area contributed by atoms with Gasteiger partial charge in [-0.05, 0) is 6.42 Å². The van der Waals surface area contributed by atoms with Crippen molar-refractivity contribution < 1.29 is 14.7 Å². The van der Waals surface area contributed by atoms with E-state index in [-0.39, 0.29) is 6.42 Å². The summed E-state index contributed by atoms with van der Waals surface area (Å²) in [5.74, 6) is -2.39. The first-order valence-corrected chi connectivity index (χ1v) is 2.42. The number of ketones is 1. The molecule has 45 valence electrons. The fraction of sp³-hybridized carbons (Fsp3) is 0.600. The van der Waals surface area contributed by atoms with Crippen LogP contribution in [0.25, 0.3) is 0 Å². The summed E-state index contributed by atoms with van der Waals surface area (Å²) in [6.45, 7) is 1.74. The number of Topliss-reactive ketones (excluding diaryl/α,β-unsaturated/α-hetero) is 1. The van der Waals surface area contributed by atoms with Crippen molar-refractivity contribution in [3.63, 3.8) is 0 Å². The topological polar surface area (TPSA) is 54.0 Å². The second-order valence-corrected chi connectivity index (χ2v) is 1.46. The van der Waals surface area contributed by atoms with Gasteiger partial charge in [0.1, 0.15) is 0 Å². The van der Waals surface area contributed by atoms with Gasteiger partial charge in [-0.25, -0.2) is 9.90 Å². The Morgan fingerprint density at radius 2 is 1.88 bits per heavy atom. The summed E-state index contributed by atoms with van der Waals surface area (Å²) >= 11 is 0. The second-order valence-electron chi connectivity index (χ2n) is 1.46. The van der Waals surface area contributed by atoms with E-state index in [1.54, 1.807) is 6.92 Å². The number of carbonyl (C=O) groups excluding carboxylic acids is 2. The number of rotatable bonds is 3. The smallest absolute Gasteiger partial charge is 0.287 e. The molecule has 0 unspecified atom stereocenters. The fourth-order valence-electron chi connectivity index (χ4n) is 0.329. The predicted octanol–water partition coefficient (Wildman–Crippen LogP) is 0.313. The maximum atomic E-state index is 10.1. The van der Waals surface area contributed by atoms with Crippen molar-refractivity contribution in [1.82, 2.24) is 0 Å². The molecule has 0 aliphatic rings. The van der Waals surface area contributed by atoms with Gasteiger partial charge >= 0.3 is 5.97 Å². The maximum absolute atomic E-state index is 10.1. The normalized spacial score (nSPS) is 8.62. The van der Waals surface area contributed by atoms with Crippen LogP contribution < -0.4 is 0 Å². The van der Waals surface area contributed by atoms with Gasteiger partial charge in [0.2, 0.25) is 5.78 Å². The zero-order valence-corrected chi connectivity index (χ0v) is 4.64. The van der Waals surface area contributed by atoms with Crippen LogP contribution in [-0.4, -0.2) is 11.8 Å². The van der Waals surface area contributed by atoms with Gasteiger partial charge in [-0.2, -0.15) is 0 Å².